The summed E-state index contributed by atoms with van der Waals surface area (Å²) in [5, 5.41) is 2.54. The molecular weight excluding hydrogens is 597 g/mol. The molecule has 234 valence electrons. The molecule has 7 aromatic carbocycles. The van der Waals surface area contributed by atoms with E-state index in [1.807, 2.05) is 0 Å². The lowest BCUT2D eigenvalue weighted by Gasteiger charge is -2.15. The van der Waals surface area contributed by atoms with Crippen LogP contribution in [0, 0.1) is 6.92 Å². The van der Waals surface area contributed by atoms with Crippen LogP contribution in [0.1, 0.15) is 18.1 Å². The van der Waals surface area contributed by atoms with Crippen LogP contribution in [0.2, 0.25) is 0 Å². The fourth-order valence-electron chi connectivity index (χ4n) is 7.32. The van der Waals surface area contributed by atoms with Gasteiger partial charge in [-0.1, -0.05) is 122 Å². The summed E-state index contributed by atoms with van der Waals surface area (Å²) in [4.78, 5) is 4.85. The fourth-order valence-corrected chi connectivity index (χ4v) is 7.32. The highest BCUT2D eigenvalue weighted by Crippen LogP contribution is 2.40. The predicted octanol–water partition coefficient (Wildman–Crippen LogP) is 12.5. The molecule has 0 fully saturated rings. The van der Waals surface area contributed by atoms with Gasteiger partial charge in [-0.3, -0.25) is 0 Å². The Balaban J connectivity index is 1.08. The minimum absolute atomic E-state index is 0.654. The third kappa shape index (κ3) is 4.94. The number of hydrogen-bond acceptors (Lipinski definition) is 2. The van der Waals surface area contributed by atoms with E-state index in [1.54, 1.807) is 0 Å². The molecule has 9 rings (SSSR count). The lowest BCUT2D eigenvalue weighted by atomic mass is 9.89. The molecule has 0 saturated carbocycles. The van der Waals surface area contributed by atoms with Gasteiger partial charge in [-0.05, 0) is 100 Å². The van der Waals surface area contributed by atoms with Gasteiger partial charge >= 0.3 is 0 Å². The second-order valence-electron chi connectivity index (χ2n) is 12.7. The first-order chi connectivity index (χ1) is 24.2. The maximum Gasteiger partial charge on any atom is 0.227 e. The van der Waals surface area contributed by atoms with Crippen molar-refractivity contribution in [3.05, 3.63) is 169 Å². The van der Waals surface area contributed by atoms with E-state index in [0.717, 1.165) is 39.9 Å². The minimum atomic E-state index is 0.654. The molecule has 0 unspecified atom stereocenters. The van der Waals surface area contributed by atoms with Crippen LogP contribution < -0.4 is 0 Å². The van der Waals surface area contributed by atoms with Gasteiger partial charge in [-0.15, -0.1) is 0 Å². The van der Waals surface area contributed by atoms with Crippen molar-refractivity contribution in [2.75, 3.05) is 0 Å². The van der Waals surface area contributed by atoms with E-state index < -0.39 is 0 Å². The Kier molecular flexibility index (Phi) is 6.98. The summed E-state index contributed by atoms with van der Waals surface area (Å²) >= 11 is 0. The number of aryl methyl sites for hydroxylation is 2. The molecule has 0 aliphatic rings. The molecule has 3 heteroatoms. The molecule has 0 aliphatic heterocycles. The number of fused-ring (bicyclic) bond motifs is 4. The van der Waals surface area contributed by atoms with Gasteiger partial charge in [0.15, 0.2) is 5.58 Å². The van der Waals surface area contributed by atoms with Crippen molar-refractivity contribution < 1.29 is 4.42 Å². The predicted molar refractivity (Wildman–Crippen MR) is 204 cm³/mol. The van der Waals surface area contributed by atoms with Crippen LogP contribution in [0.3, 0.4) is 0 Å². The molecule has 0 amide bonds. The van der Waals surface area contributed by atoms with E-state index in [9.17, 15) is 0 Å². The topological polar surface area (TPSA) is 31.0 Å². The van der Waals surface area contributed by atoms with Crippen LogP contribution in [0.15, 0.2) is 162 Å². The molecule has 0 aliphatic carbocycles. The van der Waals surface area contributed by atoms with Crippen molar-refractivity contribution in [3.8, 4) is 50.5 Å². The normalized spacial score (nSPS) is 11.6. The van der Waals surface area contributed by atoms with Crippen LogP contribution in [-0.4, -0.2) is 9.55 Å². The molecule has 3 nitrogen and oxygen atoms in total. The van der Waals surface area contributed by atoms with Crippen molar-refractivity contribution in [3.63, 3.8) is 0 Å². The van der Waals surface area contributed by atoms with Gasteiger partial charge in [0.2, 0.25) is 5.89 Å². The van der Waals surface area contributed by atoms with Crippen molar-refractivity contribution >= 4 is 32.9 Å². The van der Waals surface area contributed by atoms with E-state index >= 15 is 0 Å². The number of rotatable bonds is 6. The van der Waals surface area contributed by atoms with E-state index in [4.69, 9.17) is 9.40 Å². The first-order valence-corrected chi connectivity index (χ1v) is 16.9. The highest BCUT2D eigenvalue weighted by atomic mass is 16.3. The monoisotopic (exact) mass is 630 g/mol. The van der Waals surface area contributed by atoms with Gasteiger partial charge in [0.05, 0.1) is 11.0 Å². The maximum absolute atomic E-state index is 6.25. The number of hydrogen-bond donors (Lipinski definition) is 0. The summed E-state index contributed by atoms with van der Waals surface area (Å²) in [6.45, 7) is 4.26. The average Bonchev–Trinajstić information content (AvgIpc) is 3.75. The number of nitrogens with zero attached hydrogens (tertiary/aromatic N) is 2. The van der Waals surface area contributed by atoms with Crippen LogP contribution >= 0.6 is 0 Å². The third-order valence-electron chi connectivity index (χ3n) is 9.75. The Morgan fingerprint density at radius 1 is 0.531 bits per heavy atom. The molecule has 2 heterocycles. The molecule has 0 radical (unpaired) electrons. The van der Waals surface area contributed by atoms with E-state index in [2.05, 4.69) is 176 Å². The summed E-state index contributed by atoms with van der Waals surface area (Å²) in [6.07, 6.45) is 0.976. The molecule has 0 saturated heterocycles. The first kappa shape index (κ1) is 29.0. The lowest BCUT2D eigenvalue weighted by molar-refractivity contribution is 0.617. The van der Waals surface area contributed by atoms with Crippen molar-refractivity contribution in [2.24, 2.45) is 0 Å². The number of oxazole rings is 1. The Labute approximate surface area is 285 Å². The van der Waals surface area contributed by atoms with E-state index in [1.165, 1.54) is 55.2 Å². The van der Waals surface area contributed by atoms with Gasteiger partial charge < -0.3 is 8.98 Å². The van der Waals surface area contributed by atoms with Crippen molar-refractivity contribution in [1.82, 2.24) is 9.55 Å². The summed E-state index contributed by atoms with van der Waals surface area (Å²) in [6, 6.07) is 56.6. The van der Waals surface area contributed by atoms with Crippen LogP contribution in [0.25, 0.3) is 83.4 Å². The molecule has 0 N–H and O–H groups in total. The largest absolute Gasteiger partial charge is 0.436 e. The highest BCUT2D eigenvalue weighted by molar-refractivity contribution is 6.09. The smallest absolute Gasteiger partial charge is 0.227 e. The zero-order valence-corrected chi connectivity index (χ0v) is 27.5. The van der Waals surface area contributed by atoms with Crippen molar-refractivity contribution in [1.29, 1.82) is 0 Å². The Morgan fingerprint density at radius 3 is 1.59 bits per heavy atom. The second-order valence-corrected chi connectivity index (χ2v) is 12.7. The number of para-hydroxylation sites is 2. The number of aromatic nitrogens is 2. The van der Waals surface area contributed by atoms with E-state index in [0.29, 0.717) is 5.89 Å². The van der Waals surface area contributed by atoms with Crippen molar-refractivity contribution in [2.45, 2.75) is 20.3 Å². The second kappa shape index (κ2) is 11.8. The highest BCUT2D eigenvalue weighted by Gasteiger charge is 2.16. The van der Waals surface area contributed by atoms with Crippen LogP contribution in [0.5, 0.6) is 0 Å². The quantitative estimate of drug-likeness (QED) is 0.183. The summed E-state index contributed by atoms with van der Waals surface area (Å²) in [7, 11) is 0. The molecule has 0 bridgehead atoms. The van der Waals surface area contributed by atoms with Gasteiger partial charge in [0.1, 0.15) is 5.52 Å². The van der Waals surface area contributed by atoms with Crippen LogP contribution in [-0.2, 0) is 6.42 Å². The Bertz CT molecular complexity index is 2590. The molecular formula is C46H34N2O. The summed E-state index contributed by atoms with van der Waals surface area (Å²) in [5.41, 5.74) is 15.9. The average molecular weight is 631 g/mol. The minimum Gasteiger partial charge on any atom is -0.436 e. The van der Waals surface area contributed by atoms with Gasteiger partial charge in [0, 0.05) is 22.0 Å². The van der Waals surface area contributed by atoms with Gasteiger partial charge in [0.25, 0.3) is 0 Å². The SMILES string of the molecule is CCc1cc(C)c2oc(-c3ccc(-c4ccccc4-c4ccccc4-c4ccc(-n5c6ccccc6c6ccccc65)cc4)cc3)nc2c1. The van der Waals surface area contributed by atoms with E-state index in [-0.39, 0.29) is 0 Å². The van der Waals surface area contributed by atoms with Gasteiger partial charge in [-0.25, -0.2) is 4.98 Å². The zero-order chi connectivity index (χ0) is 32.9. The standard InChI is InChI=1S/C46H34N2O/c1-3-31-28-30(2)45-42(29-31)47-46(49-45)34-22-20-32(21-23-34)36-12-4-6-14-38(36)39-15-7-5-13-37(39)33-24-26-35(27-25-33)48-43-18-10-8-16-40(43)41-17-9-11-19-44(41)48/h4-29H,3H2,1-2H3. The first-order valence-electron chi connectivity index (χ1n) is 16.9. The Morgan fingerprint density at radius 2 is 1.02 bits per heavy atom. The molecule has 9 aromatic rings. The molecule has 49 heavy (non-hydrogen) atoms. The van der Waals surface area contributed by atoms with Gasteiger partial charge in [-0.2, -0.15) is 0 Å². The zero-order valence-electron chi connectivity index (χ0n) is 27.5. The maximum atomic E-state index is 6.25. The van der Waals surface area contributed by atoms with Crippen LogP contribution in [0.4, 0.5) is 0 Å². The molecule has 0 spiro atoms. The molecule has 0 atom stereocenters. The summed E-state index contributed by atoms with van der Waals surface area (Å²) in [5.74, 6) is 0.654. The Hall–Kier alpha value is -6.19. The number of benzene rings is 7. The fraction of sp³-hybridized carbons (Fsp3) is 0.0652. The third-order valence-corrected chi connectivity index (χ3v) is 9.75. The summed E-state index contributed by atoms with van der Waals surface area (Å²) < 4.78 is 8.61. The molecule has 2 aromatic heterocycles. The lowest BCUT2D eigenvalue weighted by Crippen LogP contribution is -1.94.